The maximum Gasteiger partial charge on any atom is 0.133 e. The number of amidine groups is 1. The molecular weight excluding hydrogens is 308 g/mol. The highest BCUT2D eigenvalue weighted by Gasteiger charge is 2.32. The standard InChI is InChI=1S/C22H20N2O/c1-25-19-15-9-8-14-18(19)22-23-20(16-10-4-2-5-11-16)21(24-22)17-12-6-3-7-13-17/h2-15,20-21H,1H3,(H,23,24). The molecule has 3 heteroatoms. The number of rotatable bonds is 4. The second-order valence-electron chi connectivity index (χ2n) is 6.07. The molecule has 0 saturated carbocycles. The maximum absolute atomic E-state index is 5.52. The van der Waals surface area contributed by atoms with Crippen molar-refractivity contribution >= 4 is 5.84 Å². The second-order valence-corrected chi connectivity index (χ2v) is 6.07. The lowest BCUT2D eigenvalue weighted by Crippen LogP contribution is -2.25. The zero-order valence-electron chi connectivity index (χ0n) is 14.1. The van der Waals surface area contributed by atoms with Crippen LogP contribution in [0, 0.1) is 0 Å². The largest absolute Gasteiger partial charge is 0.496 e. The smallest absolute Gasteiger partial charge is 0.133 e. The summed E-state index contributed by atoms with van der Waals surface area (Å²) in [5.41, 5.74) is 3.42. The third kappa shape index (κ3) is 3.01. The van der Waals surface area contributed by atoms with Crippen molar-refractivity contribution in [2.45, 2.75) is 12.1 Å². The SMILES string of the molecule is COc1ccccc1C1=NC(c2ccccc2)C(c2ccccc2)N1. The number of hydrogen-bond acceptors (Lipinski definition) is 3. The molecule has 1 aliphatic rings. The molecule has 1 aliphatic heterocycles. The van der Waals surface area contributed by atoms with Crippen LogP contribution in [-0.4, -0.2) is 12.9 Å². The van der Waals surface area contributed by atoms with Crippen LogP contribution in [0.5, 0.6) is 5.75 Å². The molecule has 0 fully saturated rings. The normalized spacial score (nSPS) is 19.2. The van der Waals surface area contributed by atoms with Gasteiger partial charge in [0, 0.05) is 0 Å². The van der Waals surface area contributed by atoms with Crippen molar-refractivity contribution in [1.82, 2.24) is 5.32 Å². The van der Waals surface area contributed by atoms with Crippen molar-refractivity contribution in [3.05, 3.63) is 102 Å². The highest BCUT2D eigenvalue weighted by Crippen LogP contribution is 2.37. The van der Waals surface area contributed by atoms with Gasteiger partial charge in [-0.05, 0) is 23.3 Å². The molecule has 0 saturated heterocycles. The van der Waals surface area contributed by atoms with Gasteiger partial charge < -0.3 is 10.1 Å². The Morgan fingerprint density at radius 3 is 2.04 bits per heavy atom. The van der Waals surface area contributed by atoms with E-state index in [2.05, 4.69) is 53.8 Å². The lowest BCUT2D eigenvalue weighted by Gasteiger charge is -2.19. The van der Waals surface area contributed by atoms with Gasteiger partial charge in [-0.3, -0.25) is 4.99 Å². The molecule has 3 nitrogen and oxygen atoms in total. The molecule has 0 radical (unpaired) electrons. The molecule has 0 aliphatic carbocycles. The first kappa shape index (κ1) is 15.5. The molecule has 2 unspecified atom stereocenters. The van der Waals surface area contributed by atoms with E-state index in [9.17, 15) is 0 Å². The van der Waals surface area contributed by atoms with Crippen molar-refractivity contribution in [2.24, 2.45) is 4.99 Å². The molecule has 3 aromatic rings. The molecule has 1 heterocycles. The third-order valence-corrected chi connectivity index (χ3v) is 4.54. The summed E-state index contributed by atoms with van der Waals surface area (Å²) >= 11 is 0. The Kier molecular flexibility index (Phi) is 4.21. The number of hydrogen-bond donors (Lipinski definition) is 1. The second kappa shape index (κ2) is 6.81. The van der Waals surface area contributed by atoms with Crippen LogP contribution >= 0.6 is 0 Å². The summed E-state index contributed by atoms with van der Waals surface area (Å²) in [5, 5.41) is 3.62. The van der Waals surface area contributed by atoms with Gasteiger partial charge in [-0.25, -0.2) is 0 Å². The Morgan fingerprint density at radius 1 is 0.760 bits per heavy atom. The van der Waals surface area contributed by atoms with E-state index >= 15 is 0 Å². The van der Waals surface area contributed by atoms with Crippen LogP contribution in [0.25, 0.3) is 0 Å². The Hall–Kier alpha value is -3.07. The number of ether oxygens (including phenoxy) is 1. The first-order valence-corrected chi connectivity index (χ1v) is 8.44. The zero-order chi connectivity index (χ0) is 17.1. The first-order chi connectivity index (χ1) is 12.4. The van der Waals surface area contributed by atoms with Crippen LogP contribution in [-0.2, 0) is 0 Å². The van der Waals surface area contributed by atoms with E-state index in [4.69, 9.17) is 9.73 Å². The molecular formula is C22H20N2O. The van der Waals surface area contributed by atoms with Gasteiger partial charge in [0.1, 0.15) is 17.6 Å². The van der Waals surface area contributed by atoms with Crippen LogP contribution in [0.2, 0.25) is 0 Å². The van der Waals surface area contributed by atoms with Crippen LogP contribution in [0.3, 0.4) is 0 Å². The third-order valence-electron chi connectivity index (χ3n) is 4.54. The van der Waals surface area contributed by atoms with E-state index in [1.807, 2.05) is 36.4 Å². The van der Waals surface area contributed by atoms with E-state index in [-0.39, 0.29) is 12.1 Å². The fraction of sp³-hybridized carbons (Fsp3) is 0.136. The number of methoxy groups -OCH3 is 1. The molecule has 25 heavy (non-hydrogen) atoms. The summed E-state index contributed by atoms with van der Waals surface area (Å²) in [6.45, 7) is 0. The number of aliphatic imine (C=N–C) groups is 1. The van der Waals surface area contributed by atoms with Crippen LogP contribution in [0.1, 0.15) is 28.8 Å². The molecule has 0 spiro atoms. The molecule has 4 rings (SSSR count). The molecule has 0 amide bonds. The minimum Gasteiger partial charge on any atom is -0.496 e. The summed E-state index contributed by atoms with van der Waals surface area (Å²) in [7, 11) is 1.69. The van der Waals surface area contributed by atoms with Crippen molar-refractivity contribution < 1.29 is 4.74 Å². The predicted molar refractivity (Wildman–Crippen MR) is 101 cm³/mol. The summed E-state index contributed by atoms with van der Waals surface area (Å²) in [5.74, 6) is 1.70. The van der Waals surface area contributed by atoms with Crippen molar-refractivity contribution in [2.75, 3.05) is 7.11 Å². The molecule has 0 bridgehead atoms. The topological polar surface area (TPSA) is 33.6 Å². The summed E-state index contributed by atoms with van der Waals surface area (Å²) < 4.78 is 5.52. The molecule has 1 N–H and O–H groups in total. The minimum atomic E-state index is 0.0310. The minimum absolute atomic E-state index is 0.0310. The van der Waals surface area contributed by atoms with Gasteiger partial charge in [-0.1, -0.05) is 72.8 Å². The average Bonchev–Trinajstić information content (AvgIpc) is 3.14. The number of nitrogens with one attached hydrogen (secondary N) is 1. The Bertz CT molecular complexity index is 875. The zero-order valence-corrected chi connectivity index (χ0v) is 14.1. The Labute approximate surface area is 148 Å². The molecule has 2 atom stereocenters. The van der Waals surface area contributed by atoms with Crippen molar-refractivity contribution in [1.29, 1.82) is 0 Å². The molecule has 3 aromatic carbocycles. The summed E-state index contributed by atoms with van der Waals surface area (Å²) in [6, 6.07) is 29.0. The van der Waals surface area contributed by atoms with E-state index in [0.717, 1.165) is 17.1 Å². The van der Waals surface area contributed by atoms with Gasteiger partial charge in [0.2, 0.25) is 0 Å². The highest BCUT2D eigenvalue weighted by molar-refractivity contribution is 6.02. The summed E-state index contributed by atoms with van der Waals surface area (Å²) in [6.07, 6.45) is 0. The maximum atomic E-state index is 5.52. The van der Waals surface area contributed by atoms with Gasteiger partial charge in [-0.2, -0.15) is 0 Å². The van der Waals surface area contributed by atoms with Crippen LogP contribution in [0.4, 0.5) is 0 Å². The fourth-order valence-corrected chi connectivity index (χ4v) is 3.31. The van der Waals surface area contributed by atoms with Gasteiger partial charge >= 0.3 is 0 Å². The average molecular weight is 328 g/mol. The van der Waals surface area contributed by atoms with E-state index in [0.29, 0.717) is 0 Å². The highest BCUT2D eigenvalue weighted by atomic mass is 16.5. The number of benzene rings is 3. The first-order valence-electron chi connectivity index (χ1n) is 8.44. The monoisotopic (exact) mass is 328 g/mol. The van der Waals surface area contributed by atoms with Gasteiger partial charge in [0.05, 0.1) is 18.7 Å². The van der Waals surface area contributed by atoms with Gasteiger partial charge in [-0.15, -0.1) is 0 Å². The van der Waals surface area contributed by atoms with Crippen molar-refractivity contribution in [3.8, 4) is 5.75 Å². The molecule has 124 valence electrons. The summed E-state index contributed by atoms with van der Waals surface area (Å²) in [4.78, 5) is 5.02. The quantitative estimate of drug-likeness (QED) is 0.763. The lowest BCUT2D eigenvalue weighted by atomic mass is 9.95. The van der Waals surface area contributed by atoms with Crippen molar-refractivity contribution in [3.63, 3.8) is 0 Å². The van der Waals surface area contributed by atoms with Gasteiger partial charge in [0.15, 0.2) is 0 Å². The van der Waals surface area contributed by atoms with E-state index < -0.39 is 0 Å². The number of para-hydroxylation sites is 1. The van der Waals surface area contributed by atoms with E-state index in [1.54, 1.807) is 7.11 Å². The van der Waals surface area contributed by atoms with Gasteiger partial charge in [0.25, 0.3) is 0 Å². The predicted octanol–water partition coefficient (Wildman–Crippen LogP) is 4.53. The fourth-order valence-electron chi connectivity index (χ4n) is 3.31. The van der Waals surface area contributed by atoms with Crippen LogP contribution in [0.15, 0.2) is 89.9 Å². The van der Waals surface area contributed by atoms with E-state index in [1.165, 1.54) is 11.1 Å². The number of nitrogens with zero attached hydrogens (tertiary/aromatic N) is 1. The Morgan fingerprint density at radius 2 is 1.36 bits per heavy atom. The van der Waals surface area contributed by atoms with Crippen LogP contribution < -0.4 is 10.1 Å². The lowest BCUT2D eigenvalue weighted by molar-refractivity contribution is 0.413. The Balaban J connectivity index is 1.77. The molecule has 0 aromatic heterocycles.